The lowest BCUT2D eigenvalue weighted by Crippen LogP contribution is -2.31. The van der Waals surface area contributed by atoms with Crippen molar-refractivity contribution in [2.45, 2.75) is 20.0 Å². The van der Waals surface area contributed by atoms with Gasteiger partial charge >= 0.3 is 0 Å². The fourth-order valence-electron chi connectivity index (χ4n) is 1.29. The van der Waals surface area contributed by atoms with Crippen LogP contribution in [0.5, 0.6) is 0 Å². The number of ether oxygens (including phenoxy) is 4. The molecule has 0 aromatic carbocycles. The number of nitrogens with one attached hydrogen (secondary N) is 2. The summed E-state index contributed by atoms with van der Waals surface area (Å²) in [6.07, 6.45) is 0.682. The summed E-state index contributed by atoms with van der Waals surface area (Å²) in [7, 11) is 0. The van der Waals surface area contributed by atoms with Crippen molar-refractivity contribution < 1.29 is 28.5 Å². The van der Waals surface area contributed by atoms with Gasteiger partial charge in [-0.1, -0.05) is 0 Å². The van der Waals surface area contributed by atoms with Gasteiger partial charge in [-0.2, -0.15) is 0 Å². The second-order valence-corrected chi connectivity index (χ2v) is 4.62. The summed E-state index contributed by atoms with van der Waals surface area (Å²) in [5.74, 6) is -0.144. The minimum Gasteiger partial charge on any atom is -0.377 e. The highest BCUT2D eigenvalue weighted by molar-refractivity contribution is 5.77. The minimum atomic E-state index is -0.144. The molecule has 130 valence electrons. The molecule has 0 aliphatic heterocycles. The number of carbonyl (C=O) groups is 2. The smallest absolute Gasteiger partial charge is 0.246 e. The van der Waals surface area contributed by atoms with Gasteiger partial charge in [-0.3, -0.25) is 9.59 Å². The minimum absolute atomic E-state index is 0.0458. The maximum Gasteiger partial charge on any atom is 0.246 e. The average molecular weight is 320 g/mol. The summed E-state index contributed by atoms with van der Waals surface area (Å²) in [5.41, 5.74) is 0. The monoisotopic (exact) mass is 320 g/mol. The maximum atomic E-state index is 11.3. The van der Waals surface area contributed by atoms with Crippen molar-refractivity contribution in [1.82, 2.24) is 10.6 Å². The summed E-state index contributed by atoms with van der Waals surface area (Å²) < 4.78 is 20.9. The van der Waals surface area contributed by atoms with E-state index in [1.165, 1.54) is 0 Å². The Balaban J connectivity index is 3.11. The van der Waals surface area contributed by atoms with E-state index in [0.717, 1.165) is 0 Å². The molecule has 2 amide bonds. The van der Waals surface area contributed by atoms with E-state index in [0.29, 0.717) is 59.1 Å². The van der Waals surface area contributed by atoms with Crippen molar-refractivity contribution >= 4 is 12.3 Å². The third-order valence-corrected chi connectivity index (χ3v) is 2.33. The van der Waals surface area contributed by atoms with Crippen LogP contribution < -0.4 is 10.6 Å². The summed E-state index contributed by atoms with van der Waals surface area (Å²) in [6.45, 7) is 7.58. The average Bonchev–Trinajstić information content (AvgIpc) is 2.49. The lowest BCUT2D eigenvalue weighted by atomic mass is 10.5. The first-order chi connectivity index (χ1) is 10.7. The molecule has 22 heavy (non-hydrogen) atoms. The Bertz CT molecular complexity index is 276. The van der Waals surface area contributed by atoms with Gasteiger partial charge in [0, 0.05) is 13.1 Å². The largest absolute Gasteiger partial charge is 0.377 e. The van der Waals surface area contributed by atoms with Gasteiger partial charge in [0.25, 0.3) is 0 Å². The number of hydrogen-bond donors (Lipinski definition) is 2. The molecule has 0 aliphatic rings. The third kappa shape index (κ3) is 16.8. The van der Waals surface area contributed by atoms with E-state index in [1.54, 1.807) is 0 Å². The quantitative estimate of drug-likeness (QED) is 0.289. The van der Waals surface area contributed by atoms with Gasteiger partial charge in [-0.25, -0.2) is 0 Å². The number of hydrogen-bond acceptors (Lipinski definition) is 6. The Kier molecular flexibility index (Phi) is 15.3. The highest BCUT2D eigenvalue weighted by atomic mass is 16.5. The normalized spacial score (nSPS) is 10.7. The zero-order valence-electron chi connectivity index (χ0n) is 13.5. The lowest BCUT2D eigenvalue weighted by Gasteiger charge is -2.09. The standard InChI is InChI=1S/C14H28N2O6/c1-13(2)22-11-14(18)16-4-6-20-8-10-21-9-7-19-5-3-15-12-17/h12-13H,3-11H2,1-2H3,(H,15,17)(H,16,18). The molecule has 0 spiro atoms. The second kappa shape index (κ2) is 16.2. The van der Waals surface area contributed by atoms with Gasteiger partial charge in [-0.05, 0) is 13.8 Å². The fourth-order valence-corrected chi connectivity index (χ4v) is 1.29. The molecule has 0 radical (unpaired) electrons. The van der Waals surface area contributed by atoms with Crippen molar-refractivity contribution in [1.29, 1.82) is 0 Å². The highest BCUT2D eigenvalue weighted by Gasteiger charge is 2.01. The zero-order chi connectivity index (χ0) is 16.5. The first-order valence-electron chi connectivity index (χ1n) is 7.45. The highest BCUT2D eigenvalue weighted by Crippen LogP contribution is 1.86. The van der Waals surface area contributed by atoms with E-state index in [1.807, 2.05) is 13.8 Å². The van der Waals surface area contributed by atoms with Gasteiger partial charge in [0.1, 0.15) is 6.61 Å². The molecule has 8 heteroatoms. The van der Waals surface area contributed by atoms with Crippen molar-refractivity contribution in [2.75, 3.05) is 59.3 Å². The molecule has 8 nitrogen and oxygen atoms in total. The zero-order valence-corrected chi connectivity index (χ0v) is 13.5. The number of rotatable bonds is 16. The molecule has 0 bridgehead atoms. The van der Waals surface area contributed by atoms with Gasteiger partial charge < -0.3 is 29.6 Å². The number of carbonyl (C=O) groups excluding carboxylic acids is 2. The van der Waals surface area contributed by atoms with Gasteiger partial charge in [0.2, 0.25) is 12.3 Å². The molecule has 0 unspecified atom stereocenters. The van der Waals surface area contributed by atoms with Crippen LogP contribution in [0.2, 0.25) is 0 Å². The summed E-state index contributed by atoms with van der Waals surface area (Å²) >= 11 is 0. The van der Waals surface area contributed by atoms with Gasteiger partial charge in [0.05, 0.1) is 45.7 Å². The molecule has 0 fully saturated rings. The van der Waals surface area contributed by atoms with E-state index in [9.17, 15) is 9.59 Å². The van der Waals surface area contributed by atoms with Crippen LogP contribution in [-0.2, 0) is 28.5 Å². The van der Waals surface area contributed by atoms with E-state index in [-0.39, 0.29) is 18.6 Å². The lowest BCUT2D eigenvalue weighted by molar-refractivity contribution is -0.127. The predicted octanol–water partition coefficient (Wildman–Crippen LogP) is -0.677. The topological polar surface area (TPSA) is 95.1 Å². The SMILES string of the molecule is CC(C)OCC(=O)NCCOCCOCCOCCNC=O. The summed E-state index contributed by atoms with van der Waals surface area (Å²) in [5, 5.41) is 5.19. The van der Waals surface area contributed by atoms with Crippen molar-refractivity contribution in [2.24, 2.45) is 0 Å². The summed E-state index contributed by atoms with van der Waals surface area (Å²) in [6, 6.07) is 0. The fraction of sp³-hybridized carbons (Fsp3) is 0.857. The van der Waals surface area contributed by atoms with Crippen LogP contribution in [0.1, 0.15) is 13.8 Å². The van der Waals surface area contributed by atoms with Crippen LogP contribution >= 0.6 is 0 Å². The predicted molar refractivity (Wildman–Crippen MR) is 80.6 cm³/mol. The van der Waals surface area contributed by atoms with E-state index in [2.05, 4.69) is 10.6 Å². The van der Waals surface area contributed by atoms with Crippen LogP contribution in [0, 0.1) is 0 Å². The Labute approximate surface area is 131 Å². The number of amides is 2. The van der Waals surface area contributed by atoms with Crippen LogP contribution in [0.4, 0.5) is 0 Å². The van der Waals surface area contributed by atoms with E-state index in [4.69, 9.17) is 18.9 Å². The molecule has 0 aromatic rings. The van der Waals surface area contributed by atoms with E-state index >= 15 is 0 Å². The van der Waals surface area contributed by atoms with Crippen molar-refractivity contribution in [3.05, 3.63) is 0 Å². The van der Waals surface area contributed by atoms with Crippen molar-refractivity contribution in [3.63, 3.8) is 0 Å². The molecular formula is C14H28N2O6. The van der Waals surface area contributed by atoms with Gasteiger partial charge in [0.15, 0.2) is 0 Å². The van der Waals surface area contributed by atoms with Crippen LogP contribution in [-0.4, -0.2) is 77.8 Å². The molecular weight excluding hydrogens is 292 g/mol. The van der Waals surface area contributed by atoms with Crippen LogP contribution in [0.25, 0.3) is 0 Å². The molecule has 0 atom stereocenters. The first-order valence-corrected chi connectivity index (χ1v) is 7.45. The van der Waals surface area contributed by atoms with Crippen LogP contribution in [0.15, 0.2) is 0 Å². The molecule has 0 saturated carbocycles. The molecule has 0 saturated heterocycles. The van der Waals surface area contributed by atoms with Crippen LogP contribution in [0.3, 0.4) is 0 Å². The molecule has 0 heterocycles. The Hall–Kier alpha value is -1.22. The molecule has 0 rings (SSSR count). The Morgan fingerprint density at radius 2 is 1.50 bits per heavy atom. The third-order valence-electron chi connectivity index (χ3n) is 2.33. The molecule has 2 N–H and O–H groups in total. The molecule has 0 aromatic heterocycles. The Morgan fingerprint density at radius 3 is 2.05 bits per heavy atom. The van der Waals surface area contributed by atoms with Crippen molar-refractivity contribution in [3.8, 4) is 0 Å². The van der Waals surface area contributed by atoms with Gasteiger partial charge in [-0.15, -0.1) is 0 Å². The first kappa shape index (κ1) is 20.8. The summed E-state index contributed by atoms with van der Waals surface area (Å²) in [4.78, 5) is 21.2. The second-order valence-electron chi connectivity index (χ2n) is 4.62. The molecule has 0 aliphatic carbocycles. The Morgan fingerprint density at radius 1 is 0.955 bits per heavy atom. The van der Waals surface area contributed by atoms with E-state index < -0.39 is 0 Å². The maximum absolute atomic E-state index is 11.3.